The molecule has 0 spiro atoms. The molecule has 2 rings (SSSR count). The fourth-order valence-corrected chi connectivity index (χ4v) is 1.77. The van der Waals surface area contributed by atoms with Crippen LogP contribution in [0.5, 0.6) is 0 Å². The molecule has 0 atom stereocenters. The summed E-state index contributed by atoms with van der Waals surface area (Å²) in [5, 5.41) is 0.124. The van der Waals surface area contributed by atoms with Gasteiger partial charge in [-0.1, -0.05) is 6.92 Å². The van der Waals surface area contributed by atoms with Crippen LogP contribution in [0.15, 0.2) is 24.9 Å². The first-order chi connectivity index (χ1) is 8.58. The minimum atomic E-state index is -0.781. The van der Waals surface area contributed by atoms with Gasteiger partial charge < -0.3 is 9.21 Å². The van der Waals surface area contributed by atoms with Gasteiger partial charge in [-0.2, -0.15) is 0 Å². The van der Waals surface area contributed by atoms with E-state index >= 15 is 0 Å². The van der Waals surface area contributed by atoms with E-state index in [0.717, 1.165) is 4.57 Å². The van der Waals surface area contributed by atoms with Gasteiger partial charge >= 0.3 is 11.3 Å². The normalized spacial score (nSPS) is 10.7. The van der Waals surface area contributed by atoms with Gasteiger partial charge in [-0.15, -0.1) is 0 Å². The van der Waals surface area contributed by atoms with Crippen molar-refractivity contribution >= 4 is 17.4 Å². The van der Waals surface area contributed by atoms with Crippen molar-refractivity contribution in [3.8, 4) is 0 Å². The number of hydrogen-bond donors (Lipinski definition) is 1. The number of aromatic nitrogens is 2. The smallest absolute Gasteiger partial charge is 0.337 e. The van der Waals surface area contributed by atoms with Crippen molar-refractivity contribution in [3.05, 3.63) is 42.9 Å². The summed E-state index contributed by atoms with van der Waals surface area (Å²) in [7, 11) is 0. The molecule has 0 saturated carbocycles. The highest BCUT2D eigenvalue weighted by Crippen LogP contribution is 2.09. The average molecular weight is 250 g/mol. The molecule has 2 aromatic rings. The highest BCUT2D eigenvalue weighted by atomic mass is 16.4. The van der Waals surface area contributed by atoms with Crippen molar-refractivity contribution in [2.24, 2.45) is 0 Å². The molecule has 0 aliphatic carbocycles. The van der Waals surface area contributed by atoms with Crippen LogP contribution in [0.1, 0.15) is 12.5 Å². The number of nitrogens with zero attached hydrogens (tertiary/aromatic N) is 1. The number of nitrogens with one attached hydrogen (secondary N) is 1. The van der Waals surface area contributed by atoms with E-state index in [1.165, 1.54) is 6.07 Å². The quantitative estimate of drug-likeness (QED) is 0.733. The first kappa shape index (κ1) is 12.0. The second kappa shape index (κ2) is 4.44. The van der Waals surface area contributed by atoms with Crippen LogP contribution in [0.25, 0.3) is 11.1 Å². The molecule has 0 amide bonds. The number of aryl methyl sites for hydroxylation is 1. The molecule has 18 heavy (non-hydrogen) atoms. The molecule has 7 nitrogen and oxygen atoms in total. The summed E-state index contributed by atoms with van der Waals surface area (Å²) in [6.07, 6.45) is 0.887. The molecule has 0 aromatic carbocycles. The van der Waals surface area contributed by atoms with E-state index in [9.17, 15) is 19.2 Å². The Morgan fingerprint density at radius 1 is 1.39 bits per heavy atom. The van der Waals surface area contributed by atoms with E-state index < -0.39 is 16.9 Å². The Morgan fingerprint density at radius 2 is 2.11 bits per heavy atom. The number of aromatic amines is 1. The average Bonchev–Trinajstić information content (AvgIpc) is 2.32. The minimum Gasteiger partial charge on any atom is -0.405 e. The number of H-pyrrole nitrogens is 1. The summed E-state index contributed by atoms with van der Waals surface area (Å²) < 4.78 is 5.54. The molecule has 0 fully saturated rings. The van der Waals surface area contributed by atoms with Crippen molar-refractivity contribution in [1.29, 1.82) is 0 Å². The lowest BCUT2D eigenvalue weighted by Crippen LogP contribution is -2.36. The van der Waals surface area contributed by atoms with Crippen LogP contribution in [0, 0.1) is 0 Å². The predicted molar refractivity (Wildman–Crippen MR) is 62.8 cm³/mol. The first-order valence-corrected chi connectivity index (χ1v) is 5.32. The van der Waals surface area contributed by atoms with Gasteiger partial charge in [0.05, 0.1) is 6.54 Å². The van der Waals surface area contributed by atoms with Gasteiger partial charge in [0.25, 0.3) is 5.56 Å². The second-order valence-electron chi connectivity index (χ2n) is 3.66. The Hall–Kier alpha value is -2.44. The Balaban J connectivity index is 3.01. The van der Waals surface area contributed by atoms with E-state index in [1.54, 1.807) is 6.92 Å². The molecule has 0 unspecified atom stereocenters. The third-order valence-corrected chi connectivity index (χ3v) is 2.61. The highest BCUT2D eigenvalue weighted by Gasteiger charge is 2.13. The summed E-state index contributed by atoms with van der Waals surface area (Å²) in [4.78, 5) is 47.6. The van der Waals surface area contributed by atoms with Gasteiger partial charge in [-0.3, -0.25) is 14.3 Å². The lowest BCUT2D eigenvalue weighted by molar-refractivity contribution is -0.108. The Labute approximate surface area is 99.7 Å². The molecule has 94 valence electrons. The van der Waals surface area contributed by atoms with E-state index in [4.69, 9.17) is 4.42 Å². The van der Waals surface area contributed by atoms with Crippen LogP contribution < -0.4 is 16.9 Å². The Morgan fingerprint density at radius 3 is 2.72 bits per heavy atom. The van der Waals surface area contributed by atoms with E-state index in [1.807, 2.05) is 0 Å². The number of fused-ring (bicyclic) bond motifs is 1. The fourth-order valence-electron chi connectivity index (χ4n) is 1.77. The second-order valence-corrected chi connectivity index (χ2v) is 3.66. The fraction of sp³-hybridized carbons (Fsp3) is 0.273. The molecular formula is C11H10N2O5. The van der Waals surface area contributed by atoms with Gasteiger partial charge in [0.2, 0.25) is 5.71 Å². The number of carbonyl (C=O) groups is 1. The number of rotatable bonds is 3. The Kier molecular flexibility index (Phi) is 2.97. The molecule has 0 radical (unpaired) electrons. The molecule has 2 aromatic heterocycles. The zero-order chi connectivity index (χ0) is 13.3. The molecule has 7 heteroatoms. The van der Waals surface area contributed by atoms with Crippen molar-refractivity contribution in [2.45, 2.75) is 19.9 Å². The maximum absolute atomic E-state index is 12.1. The van der Waals surface area contributed by atoms with Gasteiger partial charge in [-0.25, -0.2) is 9.59 Å². The van der Waals surface area contributed by atoms with Gasteiger partial charge in [0, 0.05) is 6.07 Å². The summed E-state index contributed by atoms with van der Waals surface area (Å²) in [5.74, 6) is 0. The molecular weight excluding hydrogens is 240 g/mol. The van der Waals surface area contributed by atoms with Crippen molar-refractivity contribution in [2.75, 3.05) is 0 Å². The SMILES string of the molecule is CCc1cc(=O)oc2[nH]c(=O)n(CC=O)c(=O)c12. The molecule has 0 bridgehead atoms. The highest BCUT2D eigenvalue weighted by molar-refractivity contribution is 5.75. The van der Waals surface area contributed by atoms with Gasteiger partial charge in [0.1, 0.15) is 11.7 Å². The van der Waals surface area contributed by atoms with Crippen LogP contribution in [-0.4, -0.2) is 15.8 Å². The number of hydrogen-bond acceptors (Lipinski definition) is 5. The Bertz CT molecular complexity index is 781. The zero-order valence-electron chi connectivity index (χ0n) is 9.56. The lowest BCUT2D eigenvalue weighted by Gasteiger charge is -2.04. The lowest BCUT2D eigenvalue weighted by atomic mass is 10.1. The van der Waals surface area contributed by atoms with Crippen LogP contribution in [0.2, 0.25) is 0 Å². The van der Waals surface area contributed by atoms with E-state index in [2.05, 4.69) is 4.98 Å². The molecule has 1 N–H and O–H groups in total. The summed E-state index contributed by atoms with van der Waals surface area (Å²) in [5.41, 5.74) is -1.74. The summed E-state index contributed by atoms with van der Waals surface area (Å²) >= 11 is 0. The van der Waals surface area contributed by atoms with Crippen LogP contribution in [0.3, 0.4) is 0 Å². The zero-order valence-corrected chi connectivity index (χ0v) is 9.56. The predicted octanol–water partition coefficient (Wildman–Crippen LogP) is -0.596. The van der Waals surface area contributed by atoms with Crippen molar-refractivity contribution < 1.29 is 9.21 Å². The number of carbonyl (C=O) groups excluding carboxylic acids is 1. The van der Waals surface area contributed by atoms with Crippen LogP contribution in [-0.2, 0) is 17.8 Å². The maximum Gasteiger partial charge on any atom is 0.337 e. The molecule has 0 aliphatic heterocycles. The van der Waals surface area contributed by atoms with E-state index in [0.29, 0.717) is 18.3 Å². The topological polar surface area (TPSA) is 102 Å². The van der Waals surface area contributed by atoms with Gasteiger partial charge in [-0.05, 0) is 12.0 Å². The molecule has 0 saturated heterocycles. The maximum atomic E-state index is 12.1. The summed E-state index contributed by atoms with van der Waals surface area (Å²) in [6, 6.07) is 1.20. The van der Waals surface area contributed by atoms with Gasteiger partial charge in [0.15, 0.2) is 0 Å². The monoisotopic (exact) mass is 250 g/mol. The largest absolute Gasteiger partial charge is 0.405 e. The van der Waals surface area contributed by atoms with Crippen LogP contribution >= 0.6 is 0 Å². The van der Waals surface area contributed by atoms with E-state index in [-0.39, 0.29) is 17.6 Å². The number of aldehydes is 1. The summed E-state index contributed by atoms with van der Waals surface area (Å²) in [6.45, 7) is 1.43. The van der Waals surface area contributed by atoms with Crippen molar-refractivity contribution in [3.63, 3.8) is 0 Å². The molecule has 0 aliphatic rings. The molecule has 2 heterocycles. The third-order valence-electron chi connectivity index (χ3n) is 2.61. The third kappa shape index (κ3) is 1.79. The standard InChI is InChI=1S/C11H10N2O5/c1-2-6-5-7(15)18-9-8(6)10(16)13(3-4-14)11(17)12-9/h4-5H,2-3H2,1H3,(H,12,17). The minimum absolute atomic E-state index is 0.124. The van der Waals surface area contributed by atoms with Crippen LogP contribution in [0.4, 0.5) is 0 Å². The first-order valence-electron chi connectivity index (χ1n) is 5.32. The van der Waals surface area contributed by atoms with Crippen molar-refractivity contribution in [1.82, 2.24) is 9.55 Å².